The van der Waals surface area contributed by atoms with Crippen LogP contribution in [0.4, 0.5) is 5.69 Å². The van der Waals surface area contributed by atoms with E-state index in [2.05, 4.69) is 19.9 Å². The Morgan fingerprint density at radius 1 is 1.25 bits per heavy atom. The maximum atomic E-state index is 12.4. The molecule has 9 heteroatoms. The van der Waals surface area contributed by atoms with Crippen molar-refractivity contribution in [3.8, 4) is 11.4 Å². The lowest BCUT2D eigenvalue weighted by Gasteiger charge is -2.08. The van der Waals surface area contributed by atoms with Gasteiger partial charge in [-0.05, 0) is 54.3 Å². The Balaban J connectivity index is 1.83. The number of H-pyrrole nitrogens is 2. The number of pyridine rings is 2. The van der Waals surface area contributed by atoms with E-state index in [0.29, 0.717) is 35.7 Å². The van der Waals surface area contributed by atoms with Gasteiger partial charge in [-0.15, -0.1) is 0 Å². The first kappa shape index (κ1) is 21.3. The summed E-state index contributed by atoms with van der Waals surface area (Å²) in [5.41, 5.74) is 17.5. The zero-order valence-electron chi connectivity index (χ0n) is 17.7. The number of aryl methyl sites for hydroxylation is 1. The van der Waals surface area contributed by atoms with Gasteiger partial charge >= 0.3 is 0 Å². The molecule has 0 aliphatic carbocycles. The first-order chi connectivity index (χ1) is 15.5. The van der Waals surface area contributed by atoms with Crippen molar-refractivity contribution in [2.45, 2.75) is 19.3 Å². The van der Waals surface area contributed by atoms with Crippen LogP contribution in [0.15, 0.2) is 52.5 Å². The van der Waals surface area contributed by atoms with Gasteiger partial charge in [0.2, 0.25) is 0 Å². The topological polar surface area (TPSA) is 159 Å². The molecule has 3 heterocycles. The molecule has 0 spiro atoms. The molecular formula is C23H25N7O2. The molecule has 3 aromatic heterocycles. The van der Waals surface area contributed by atoms with Crippen molar-refractivity contribution < 1.29 is 5.11 Å². The Morgan fingerprint density at radius 2 is 2.09 bits per heavy atom. The van der Waals surface area contributed by atoms with Crippen LogP contribution in [0, 0.1) is 0 Å². The molecule has 0 saturated heterocycles. The summed E-state index contributed by atoms with van der Waals surface area (Å²) in [6, 6.07) is 9.40. The molecule has 7 N–H and O–H groups in total. The van der Waals surface area contributed by atoms with E-state index < -0.39 is 0 Å². The van der Waals surface area contributed by atoms with Gasteiger partial charge in [-0.2, -0.15) is 0 Å². The molecule has 0 aliphatic heterocycles. The number of hydrogen-bond acceptors (Lipinski definition) is 6. The molecule has 0 amide bonds. The van der Waals surface area contributed by atoms with Crippen LogP contribution in [-0.4, -0.2) is 44.5 Å². The second kappa shape index (κ2) is 9.03. The highest BCUT2D eigenvalue weighted by molar-refractivity contribution is 6.01. The third-order valence-electron chi connectivity index (χ3n) is 5.31. The number of anilines is 1. The summed E-state index contributed by atoms with van der Waals surface area (Å²) in [5.74, 6) is 0.778. The number of benzene rings is 1. The van der Waals surface area contributed by atoms with Crippen molar-refractivity contribution in [2.24, 2.45) is 10.7 Å². The van der Waals surface area contributed by atoms with Crippen LogP contribution in [0.1, 0.15) is 28.8 Å². The monoisotopic (exact) mass is 431 g/mol. The number of aromatic nitrogens is 4. The first-order valence-corrected chi connectivity index (χ1v) is 10.3. The minimum atomic E-state index is -0.321. The second-order valence-electron chi connectivity index (χ2n) is 7.52. The molecule has 0 aliphatic rings. The molecule has 0 fully saturated rings. The van der Waals surface area contributed by atoms with Crippen molar-refractivity contribution in [3.05, 3.63) is 75.5 Å². The molecule has 164 valence electrons. The number of hydrogen-bond donors (Lipinski definition) is 5. The van der Waals surface area contributed by atoms with E-state index in [1.54, 1.807) is 19.3 Å². The zero-order valence-corrected chi connectivity index (χ0v) is 17.7. The molecular weight excluding hydrogens is 406 g/mol. The lowest BCUT2D eigenvalue weighted by Crippen LogP contribution is -2.13. The number of aliphatic hydroxyl groups excluding tert-OH is 1. The van der Waals surface area contributed by atoms with Crippen LogP contribution >= 0.6 is 0 Å². The van der Waals surface area contributed by atoms with Crippen LogP contribution in [0.3, 0.4) is 0 Å². The minimum Gasteiger partial charge on any atom is -0.398 e. The molecule has 0 unspecified atom stereocenters. The maximum absolute atomic E-state index is 12.4. The number of aromatic amines is 2. The quantitative estimate of drug-likeness (QED) is 0.221. The van der Waals surface area contributed by atoms with Crippen molar-refractivity contribution in [1.82, 2.24) is 19.9 Å². The van der Waals surface area contributed by atoms with Gasteiger partial charge in [-0.3, -0.25) is 14.8 Å². The van der Waals surface area contributed by atoms with Gasteiger partial charge < -0.3 is 26.5 Å². The average molecular weight is 432 g/mol. The van der Waals surface area contributed by atoms with E-state index >= 15 is 0 Å². The van der Waals surface area contributed by atoms with Crippen molar-refractivity contribution in [3.63, 3.8) is 0 Å². The first-order valence-electron chi connectivity index (χ1n) is 10.3. The van der Waals surface area contributed by atoms with Gasteiger partial charge in [0, 0.05) is 49.4 Å². The van der Waals surface area contributed by atoms with E-state index in [9.17, 15) is 4.79 Å². The molecule has 9 nitrogen and oxygen atoms in total. The molecule has 4 rings (SSSR count). The van der Waals surface area contributed by atoms with Gasteiger partial charge in [0.1, 0.15) is 17.2 Å². The van der Waals surface area contributed by atoms with Crippen molar-refractivity contribution >= 4 is 22.6 Å². The number of nitrogens with two attached hydrogens (primary N) is 2. The third kappa shape index (κ3) is 4.23. The van der Waals surface area contributed by atoms with E-state index in [-0.39, 0.29) is 17.7 Å². The normalized spacial score (nSPS) is 11.9. The van der Waals surface area contributed by atoms with E-state index in [1.807, 2.05) is 24.3 Å². The van der Waals surface area contributed by atoms with Crippen LogP contribution in [-0.2, 0) is 12.8 Å². The zero-order chi connectivity index (χ0) is 22.7. The average Bonchev–Trinajstić information content (AvgIpc) is 3.21. The molecule has 4 aromatic rings. The fourth-order valence-electron chi connectivity index (χ4n) is 3.72. The van der Waals surface area contributed by atoms with Crippen molar-refractivity contribution in [2.75, 3.05) is 19.4 Å². The number of aliphatic imine (C=N–C) groups is 1. The van der Waals surface area contributed by atoms with Gasteiger partial charge in [0.25, 0.3) is 5.56 Å². The second-order valence-corrected chi connectivity index (χ2v) is 7.52. The summed E-state index contributed by atoms with van der Waals surface area (Å²) in [7, 11) is 1.63. The summed E-state index contributed by atoms with van der Waals surface area (Å²) >= 11 is 0. The molecule has 0 saturated carbocycles. The van der Waals surface area contributed by atoms with Crippen LogP contribution in [0.5, 0.6) is 0 Å². The molecule has 1 aromatic carbocycles. The van der Waals surface area contributed by atoms with E-state index in [0.717, 1.165) is 34.3 Å². The fraction of sp³-hybridized carbons (Fsp3) is 0.217. The minimum absolute atomic E-state index is 0.147. The summed E-state index contributed by atoms with van der Waals surface area (Å²) in [6.45, 7) is 0.147. The fourth-order valence-corrected chi connectivity index (χ4v) is 3.72. The van der Waals surface area contributed by atoms with Gasteiger partial charge in [0.05, 0.1) is 11.0 Å². The number of amidine groups is 1. The Bertz CT molecular complexity index is 1350. The SMILES string of the molecule is CN=C(N)c1cc(Cc2cc(CCCO)ccn2)c2nc(-c3c(N)cc[nH]c3=O)[nH]c2c1. The summed E-state index contributed by atoms with van der Waals surface area (Å²) < 4.78 is 0. The number of nitrogens with one attached hydrogen (secondary N) is 2. The largest absolute Gasteiger partial charge is 0.398 e. The predicted molar refractivity (Wildman–Crippen MR) is 126 cm³/mol. The van der Waals surface area contributed by atoms with E-state index in [1.165, 1.54) is 6.20 Å². The van der Waals surface area contributed by atoms with Crippen LogP contribution < -0.4 is 17.0 Å². The summed E-state index contributed by atoms with van der Waals surface area (Å²) in [6.07, 6.45) is 5.26. The third-order valence-corrected chi connectivity index (χ3v) is 5.31. The van der Waals surface area contributed by atoms with Crippen molar-refractivity contribution in [1.29, 1.82) is 0 Å². The number of rotatable bonds is 7. The summed E-state index contributed by atoms with van der Waals surface area (Å²) in [5, 5.41) is 9.11. The molecule has 0 bridgehead atoms. The van der Waals surface area contributed by atoms with Gasteiger partial charge in [-0.1, -0.05) is 0 Å². The number of nitrogen functional groups attached to an aromatic ring is 1. The predicted octanol–water partition coefficient (Wildman–Crippen LogP) is 1.75. The number of fused-ring (bicyclic) bond motifs is 1. The van der Waals surface area contributed by atoms with Crippen LogP contribution in [0.25, 0.3) is 22.4 Å². The highest BCUT2D eigenvalue weighted by atomic mass is 16.2. The number of nitrogens with zero attached hydrogens (tertiary/aromatic N) is 3. The van der Waals surface area contributed by atoms with Gasteiger partial charge in [0.15, 0.2) is 0 Å². The smallest absolute Gasteiger partial charge is 0.261 e. The molecule has 0 atom stereocenters. The lowest BCUT2D eigenvalue weighted by molar-refractivity contribution is 0.288. The Hall–Kier alpha value is -3.98. The van der Waals surface area contributed by atoms with E-state index in [4.69, 9.17) is 21.6 Å². The lowest BCUT2D eigenvalue weighted by atomic mass is 10.0. The molecule has 32 heavy (non-hydrogen) atoms. The highest BCUT2D eigenvalue weighted by Crippen LogP contribution is 2.27. The number of aliphatic hydroxyl groups is 1. The standard InChI is InChI=1S/C23H25N7O2/c1-26-21(25)15-10-14(11-16-9-13(3-2-8-31)4-6-27-16)20-18(12-15)29-22(30-20)19-17(24)5-7-28-23(19)32/h4-7,9-10,12,31H,2-3,8,11H2,1H3,(H2,25,26)(H,29,30)(H3,24,28,32). The van der Waals surface area contributed by atoms with Gasteiger partial charge in [-0.25, -0.2) is 4.98 Å². The Labute approximate surface area is 184 Å². The highest BCUT2D eigenvalue weighted by Gasteiger charge is 2.17. The van der Waals surface area contributed by atoms with Crippen LogP contribution in [0.2, 0.25) is 0 Å². The number of imidazole rings is 1. The summed E-state index contributed by atoms with van der Waals surface area (Å²) in [4.78, 5) is 31.5. The Kier molecular flexibility index (Phi) is 6.00. The Morgan fingerprint density at radius 3 is 2.84 bits per heavy atom. The molecule has 0 radical (unpaired) electrons. The maximum Gasteiger partial charge on any atom is 0.261 e.